The molecule has 0 aliphatic rings. The van der Waals surface area contributed by atoms with Gasteiger partial charge in [0.1, 0.15) is 5.69 Å². The lowest BCUT2D eigenvalue weighted by Crippen LogP contribution is -2.20. The van der Waals surface area contributed by atoms with Crippen LogP contribution in [-0.4, -0.2) is 16.3 Å². The molecule has 0 saturated heterocycles. The van der Waals surface area contributed by atoms with Gasteiger partial charge in [-0.2, -0.15) is 5.10 Å². The minimum absolute atomic E-state index is 0.0666. The van der Waals surface area contributed by atoms with Crippen LogP contribution in [0.2, 0.25) is 0 Å². The lowest BCUT2D eigenvalue weighted by atomic mass is 10.1. The number of aryl methyl sites for hydroxylation is 1. The van der Waals surface area contributed by atoms with Crippen molar-refractivity contribution in [3.8, 4) is 0 Å². The number of nitrogens with one attached hydrogen (secondary N) is 1. The Kier molecular flexibility index (Phi) is 6.42. The molecular weight excluding hydrogens is 248 g/mol. The molecule has 0 bridgehead atoms. The Morgan fingerprint density at radius 3 is 2.42 bits per heavy atom. The first-order valence-corrected chi connectivity index (χ1v) is 6.95. The Morgan fingerprint density at radius 2 is 1.89 bits per heavy atom. The van der Waals surface area contributed by atoms with Crippen LogP contribution in [0.3, 0.4) is 0 Å². The van der Waals surface area contributed by atoms with E-state index in [4.69, 9.17) is 0 Å². The van der Waals surface area contributed by atoms with Gasteiger partial charge in [0, 0.05) is 18.7 Å². The van der Waals surface area contributed by atoms with Gasteiger partial charge in [0.2, 0.25) is 0 Å². The monoisotopic (exact) mass is 273 g/mol. The van der Waals surface area contributed by atoms with Crippen LogP contribution in [0.4, 0.5) is 8.78 Å². The highest BCUT2D eigenvalue weighted by molar-refractivity contribution is 5.19. The molecule has 1 heterocycles. The van der Waals surface area contributed by atoms with Crippen molar-refractivity contribution in [3.63, 3.8) is 0 Å². The second-order valence-corrected chi connectivity index (χ2v) is 5.79. The summed E-state index contributed by atoms with van der Waals surface area (Å²) < 4.78 is 27.7. The van der Waals surface area contributed by atoms with Gasteiger partial charge in [-0.25, -0.2) is 8.78 Å². The van der Waals surface area contributed by atoms with Crippen LogP contribution in [0.1, 0.15) is 51.8 Å². The fourth-order valence-electron chi connectivity index (χ4n) is 1.88. The zero-order chi connectivity index (χ0) is 14.4. The molecule has 0 aromatic carbocycles. The summed E-state index contributed by atoms with van der Waals surface area (Å²) in [5.41, 5.74) is 0.677. The predicted octanol–water partition coefficient (Wildman–Crippen LogP) is 3.61. The van der Waals surface area contributed by atoms with Crippen LogP contribution >= 0.6 is 0 Å². The molecule has 0 radical (unpaired) electrons. The summed E-state index contributed by atoms with van der Waals surface area (Å²) in [4.78, 5) is 0. The third-order valence-corrected chi connectivity index (χ3v) is 2.95. The average molecular weight is 273 g/mol. The molecule has 0 fully saturated rings. The molecule has 0 aliphatic carbocycles. The molecule has 1 rings (SSSR count). The molecule has 1 aromatic rings. The maximum absolute atomic E-state index is 13.1. The van der Waals surface area contributed by atoms with Crippen molar-refractivity contribution in [1.82, 2.24) is 15.1 Å². The van der Waals surface area contributed by atoms with E-state index >= 15 is 0 Å². The van der Waals surface area contributed by atoms with Crippen LogP contribution in [0.25, 0.3) is 0 Å². The van der Waals surface area contributed by atoms with Crippen molar-refractivity contribution in [2.24, 2.45) is 11.8 Å². The lowest BCUT2D eigenvalue weighted by molar-refractivity contribution is 0.137. The van der Waals surface area contributed by atoms with Crippen molar-refractivity contribution in [2.45, 2.75) is 53.6 Å². The zero-order valence-corrected chi connectivity index (χ0v) is 12.3. The van der Waals surface area contributed by atoms with E-state index in [0.717, 1.165) is 13.0 Å². The van der Waals surface area contributed by atoms with E-state index in [-0.39, 0.29) is 5.69 Å². The highest BCUT2D eigenvalue weighted by Crippen LogP contribution is 2.23. The van der Waals surface area contributed by atoms with Crippen molar-refractivity contribution in [2.75, 3.05) is 6.54 Å². The Labute approximate surface area is 114 Å². The predicted molar refractivity (Wildman–Crippen MR) is 73.2 cm³/mol. The topological polar surface area (TPSA) is 29.9 Å². The van der Waals surface area contributed by atoms with Gasteiger partial charge >= 0.3 is 0 Å². The van der Waals surface area contributed by atoms with Crippen LogP contribution in [0, 0.1) is 11.8 Å². The van der Waals surface area contributed by atoms with Gasteiger partial charge in [-0.1, -0.05) is 27.7 Å². The van der Waals surface area contributed by atoms with Gasteiger partial charge in [-0.05, 0) is 24.8 Å². The fourth-order valence-corrected chi connectivity index (χ4v) is 1.88. The van der Waals surface area contributed by atoms with Crippen LogP contribution < -0.4 is 5.32 Å². The molecule has 1 aromatic heterocycles. The first kappa shape index (κ1) is 16.1. The standard InChI is InChI=1S/C14H25F2N3/c1-10(2)5-6-19-13(14(15)16)12(9-18-19)8-17-7-11(3)4/h9-11,14,17H,5-8H2,1-4H3. The van der Waals surface area contributed by atoms with E-state index in [9.17, 15) is 8.78 Å². The van der Waals surface area contributed by atoms with Crippen molar-refractivity contribution < 1.29 is 8.78 Å². The first-order valence-electron chi connectivity index (χ1n) is 6.95. The van der Waals surface area contributed by atoms with Crippen molar-refractivity contribution >= 4 is 0 Å². The van der Waals surface area contributed by atoms with E-state index in [1.165, 1.54) is 4.68 Å². The van der Waals surface area contributed by atoms with E-state index in [0.29, 0.717) is 30.5 Å². The Hall–Kier alpha value is -0.970. The maximum Gasteiger partial charge on any atom is 0.280 e. The smallest absolute Gasteiger partial charge is 0.280 e. The molecule has 3 nitrogen and oxygen atoms in total. The molecule has 5 heteroatoms. The van der Waals surface area contributed by atoms with Gasteiger partial charge < -0.3 is 5.32 Å². The minimum Gasteiger partial charge on any atom is -0.312 e. The summed E-state index contributed by atoms with van der Waals surface area (Å²) in [6.45, 7) is 10.2. The molecule has 0 saturated carbocycles. The summed E-state index contributed by atoms with van der Waals surface area (Å²) in [5, 5.41) is 7.29. The van der Waals surface area contributed by atoms with Gasteiger partial charge in [0.25, 0.3) is 6.43 Å². The molecule has 19 heavy (non-hydrogen) atoms. The molecule has 0 amide bonds. The van der Waals surface area contributed by atoms with E-state index in [1.54, 1.807) is 6.20 Å². The Morgan fingerprint density at radius 1 is 1.21 bits per heavy atom. The largest absolute Gasteiger partial charge is 0.312 e. The Bertz CT molecular complexity index is 373. The number of halogens is 2. The number of hydrogen-bond acceptors (Lipinski definition) is 2. The second kappa shape index (κ2) is 7.58. The molecule has 0 aliphatic heterocycles. The SMILES string of the molecule is CC(C)CCn1ncc(CNCC(C)C)c1C(F)F. The van der Waals surface area contributed by atoms with Gasteiger partial charge in [-0.3, -0.25) is 4.68 Å². The van der Waals surface area contributed by atoms with Crippen LogP contribution in [0.15, 0.2) is 6.20 Å². The number of aromatic nitrogens is 2. The van der Waals surface area contributed by atoms with E-state index in [1.807, 2.05) is 0 Å². The lowest BCUT2D eigenvalue weighted by Gasteiger charge is -2.11. The minimum atomic E-state index is -2.47. The summed E-state index contributed by atoms with van der Waals surface area (Å²) in [7, 11) is 0. The average Bonchev–Trinajstić information content (AvgIpc) is 2.69. The number of hydrogen-bond donors (Lipinski definition) is 1. The summed E-state index contributed by atoms with van der Waals surface area (Å²) in [6, 6.07) is 0. The van der Waals surface area contributed by atoms with Crippen molar-refractivity contribution in [1.29, 1.82) is 0 Å². The third-order valence-electron chi connectivity index (χ3n) is 2.95. The molecule has 0 atom stereocenters. The first-order chi connectivity index (χ1) is 8.91. The van der Waals surface area contributed by atoms with E-state index in [2.05, 4.69) is 38.1 Å². The van der Waals surface area contributed by atoms with Gasteiger partial charge in [-0.15, -0.1) is 0 Å². The summed E-state index contributed by atoms with van der Waals surface area (Å²) in [6.07, 6.45) is -0.0411. The molecule has 1 N–H and O–H groups in total. The van der Waals surface area contributed by atoms with Gasteiger partial charge in [0.05, 0.1) is 6.20 Å². The fraction of sp³-hybridized carbons (Fsp3) is 0.786. The number of alkyl halides is 2. The molecule has 0 unspecified atom stereocenters. The third kappa shape index (κ3) is 5.27. The highest BCUT2D eigenvalue weighted by atomic mass is 19.3. The number of rotatable bonds is 8. The highest BCUT2D eigenvalue weighted by Gasteiger charge is 2.19. The Balaban J connectivity index is 2.70. The van der Waals surface area contributed by atoms with Crippen LogP contribution in [-0.2, 0) is 13.1 Å². The van der Waals surface area contributed by atoms with Gasteiger partial charge in [0.15, 0.2) is 0 Å². The molecule has 0 spiro atoms. The molecule has 110 valence electrons. The summed E-state index contributed by atoms with van der Waals surface area (Å²) in [5.74, 6) is 0.989. The summed E-state index contributed by atoms with van der Waals surface area (Å²) >= 11 is 0. The number of nitrogens with zero attached hydrogens (tertiary/aromatic N) is 2. The quantitative estimate of drug-likeness (QED) is 0.784. The normalized spacial score (nSPS) is 12.1. The molecular formula is C14H25F2N3. The second-order valence-electron chi connectivity index (χ2n) is 5.79. The van der Waals surface area contributed by atoms with Crippen LogP contribution in [0.5, 0.6) is 0 Å². The van der Waals surface area contributed by atoms with Crippen molar-refractivity contribution in [3.05, 3.63) is 17.5 Å². The van der Waals surface area contributed by atoms with E-state index < -0.39 is 6.43 Å². The zero-order valence-electron chi connectivity index (χ0n) is 12.3. The maximum atomic E-state index is 13.1.